The lowest BCUT2D eigenvalue weighted by Gasteiger charge is -2.26. The van der Waals surface area contributed by atoms with E-state index in [1.165, 1.54) is 17.0 Å². The molecule has 0 bridgehead atoms. The fraction of sp³-hybridized carbons (Fsp3) is 0.438. The number of hydrogen-bond acceptors (Lipinski definition) is 6. The van der Waals surface area contributed by atoms with Crippen molar-refractivity contribution < 1.29 is 10.0 Å². The molecule has 2 atom stereocenters. The summed E-state index contributed by atoms with van der Waals surface area (Å²) in [5.41, 5.74) is 1.55. The maximum Gasteiger partial charge on any atom is 0.269 e. The van der Waals surface area contributed by atoms with E-state index in [-0.39, 0.29) is 11.7 Å². The molecular weight excluding hydrogens is 314 g/mol. The van der Waals surface area contributed by atoms with E-state index in [0.717, 1.165) is 10.7 Å². The summed E-state index contributed by atoms with van der Waals surface area (Å²) in [6.07, 6.45) is -0.781. The third-order valence-corrected chi connectivity index (χ3v) is 5.15. The van der Waals surface area contributed by atoms with Crippen molar-refractivity contribution in [2.45, 2.75) is 32.9 Å². The third-order valence-electron chi connectivity index (χ3n) is 3.91. The predicted octanol–water partition coefficient (Wildman–Crippen LogP) is 3.39. The molecule has 23 heavy (non-hydrogen) atoms. The maximum atomic E-state index is 10.8. The van der Waals surface area contributed by atoms with Crippen molar-refractivity contribution in [3.05, 3.63) is 55.5 Å². The van der Waals surface area contributed by atoms with Crippen LogP contribution >= 0.6 is 11.3 Å². The number of nitrogens with zero attached hydrogens (tertiary/aromatic N) is 3. The minimum absolute atomic E-state index is 0.00817. The monoisotopic (exact) mass is 335 g/mol. The van der Waals surface area contributed by atoms with Gasteiger partial charge in [0.05, 0.1) is 21.7 Å². The van der Waals surface area contributed by atoms with Crippen LogP contribution in [0.4, 0.5) is 5.69 Å². The van der Waals surface area contributed by atoms with Gasteiger partial charge in [-0.2, -0.15) is 0 Å². The smallest absolute Gasteiger partial charge is 0.269 e. The van der Waals surface area contributed by atoms with Crippen LogP contribution in [0.3, 0.4) is 0 Å². The molecule has 6 nitrogen and oxygen atoms in total. The second-order valence-electron chi connectivity index (χ2n) is 5.67. The van der Waals surface area contributed by atoms with E-state index in [0.29, 0.717) is 12.1 Å². The number of rotatable bonds is 6. The van der Waals surface area contributed by atoms with Crippen molar-refractivity contribution in [1.29, 1.82) is 0 Å². The Kier molecular flexibility index (Phi) is 5.46. The second kappa shape index (κ2) is 7.16. The lowest BCUT2D eigenvalue weighted by Crippen LogP contribution is -2.27. The lowest BCUT2D eigenvalue weighted by molar-refractivity contribution is -0.385. The Morgan fingerprint density at radius 3 is 2.70 bits per heavy atom. The average molecular weight is 335 g/mol. The summed E-state index contributed by atoms with van der Waals surface area (Å²) in [6.45, 7) is 6.42. The molecule has 2 rings (SSSR count). The van der Waals surface area contributed by atoms with Crippen LogP contribution in [0, 0.1) is 24.0 Å². The number of hydrogen-bond donors (Lipinski definition) is 1. The zero-order chi connectivity index (χ0) is 17.1. The molecule has 0 aliphatic heterocycles. The van der Waals surface area contributed by atoms with Gasteiger partial charge in [-0.15, -0.1) is 11.3 Å². The number of non-ortho nitro benzene ring substituents is 1. The highest BCUT2D eigenvalue weighted by Crippen LogP contribution is 2.29. The van der Waals surface area contributed by atoms with Gasteiger partial charge in [0.25, 0.3) is 5.69 Å². The van der Waals surface area contributed by atoms with Gasteiger partial charge in [-0.25, -0.2) is 4.98 Å². The number of likely N-dealkylation sites (N-methyl/N-ethyl adjacent to an activating group) is 1. The first-order valence-corrected chi connectivity index (χ1v) is 8.17. The molecule has 0 aliphatic rings. The number of aliphatic hydroxyl groups excluding tert-OH is 1. The second-order valence-corrected chi connectivity index (χ2v) is 6.90. The van der Waals surface area contributed by atoms with Gasteiger partial charge in [0, 0.05) is 29.6 Å². The number of aromatic nitrogens is 1. The summed E-state index contributed by atoms with van der Waals surface area (Å²) >= 11 is 1.66. The van der Waals surface area contributed by atoms with Gasteiger partial charge >= 0.3 is 0 Å². The topological polar surface area (TPSA) is 79.5 Å². The number of thiazole rings is 1. The highest BCUT2D eigenvalue weighted by atomic mass is 32.1. The first-order valence-electron chi connectivity index (χ1n) is 7.36. The Bertz CT molecular complexity index is 702. The highest BCUT2D eigenvalue weighted by Gasteiger charge is 2.21. The summed E-state index contributed by atoms with van der Waals surface area (Å²) in [7, 11) is 1.93. The van der Waals surface area contributed by atoms with Crippen LogP contribution in [0.15, 0.2) is 24.3 Å². The highest BCUT2D eigenvalue weighted by molar-refractivity contribution is 7.11. The number of nitro benzene ring substituents is 1. The average Bonchev–Trinajstić information content (AvgIpc) is 2.85. The van der Waals surface area contributed by atoms with Gasteiger partial charge in [-0.1, -0.05) is 12.1 Å². The Morgan fingerprint density at radius 1 is 1.43 bits per heavy atom. The Balaban J connectivity index is 2.10. The molecule has 0 radical (unpaired) electrons. The number of aryl methyl sites for hydroxylation is 2. The number of nitro groups is 1. The molecule has 0 fully saturated rings. The lowest BCUT2D eigenvalue weighted by atomic mass is 10.1. The number of benzene rings is 1. The van der Waals surface area contributed by atoms with Crippen LogP contribution in [-0.4, -0.2) is 33.5 Å². The van der Waals surface area contributed by atoms with E-state index in [2.05, 4.69) is 11.9 Å². The van der Waals surface area contributed by atoms with Crippen LogP contribution < -0.4 is 0 Å². The minimum atomic E-state index is -0.781. The van der Waals surface area contributed by atoms with Gasteiger partial charge < -0.3 is 5.11 Å². The normalized spacial score (nSPS) is 14.0. The van der Waals surface area contributed by atoms with Gasteiger partial charge in [0.2, 0.25) is 0 Å². The molecule has 0 spiro atoms. The van der Waals surface area contributed by atoms with Crippen LogP contribution in [0.2, 0.25) is 0 Å². The molecule has 0 amide bonds. The van der Waals surface area contributed by atoms with E-state index in [9.17, 15) is 15.2 Å². The van der Waals surface area contributed by atoms with Gasteiger partial charge in [0.15, 0.2) is 0 Å². The fourth-order valence-electron chi connectivity index (χ4n) is 2.52. The van der Waals surface area contributed by atoms with Crippen molar-refractivity contribution in [3.63, 3.8) is 0 Å². The van der Waals surface area contributed by atoms with Crippen LogP contribution in [0.1, 0.15) is 40.2 Å². The van der Waals surface area contributed by atoms with Gasteiger partial charge in [-0.3, -0.25) is 15.0 Å². The summed E-state index contributed by atoms with van der Waals surface area (Å²) in [5.74, 6) is 0. The van der Waals surface area contributed by atoms with Crippen molar-refractivity contribution >= 4 is 17.0 Å². The van der Waals surface area contributed by atoms with Crippen molar-refractivity contribution in [3.8, 4) is 0 Å². The quantitative estimate of drug-likeness (QED) is 0.646. The number of aliphatic hydroxyl groups is 1. The Morgan fingerprint density at radius 2 is 2.13 bits per heavy atom. The predicted molar refractivity (Wildman–Crippen MR) is 90.7 cm³/mol. The van der Waals surface area contributed by atoms with Crippen LogP contribution in [0.5, 0.6) is 0 Å². The van der Waals surface area contributed by atoms with Crippen LogP contribution in [0.25, 0.3) is 0 Å². The molecule has 1 heterocycles. The largest absolute Gasteiger partial charge is 0.387 e. The van der Waals surface area contributed by atoms with E-state index >= 15 is 0 Å². The maximum absolute atomic E-state index is 10.8. The van der Waals surface area contributed by atoms with Crippen molar-refractivity contribution in [2.24, 2.45) is 0 Å². The zero-order valence-electron chi connectivity index (χ0n) is 13.7. The SMILES string of the molecule is Cc1nc(C)c(C(C)N(C)CC(O)c2cccc([N+](=O)[O-])c2)s1. The van der Waals surface area contributed by atoms with Crippen LogP contribution in [-0.2, 0) is 0 Å². The van der Waals surface area contributed by atoms with Crippen molar-refractivity contribution in [2.75, 3.05) is 13.6 Å². The summed E-state index contributed by atoms with van der Waals surface area (Å²) in [6, 6.07) is 6.27. The minimum Gasteiger partial charge on any atom is -0.387 e. The zero-order valence-corrected chi connectivity index (χ0v) is 14.5. The third kappa shape index (κ3) is 4.13. The standard InChI is InChI=1S/C16H21N3O3S/c1-10-16(23-12(3)17-10)11(2)18(4)9-15(20)13-6-5-7-14(8-13)19(21)22/h5-8,11,15,20H,9H2,1-4H3. The van der Waals surface area contributed by atoms with Gasteiger partial charge in [0.1, 0.15) is 0 Å². The molecule has 1 aromatic carbocycles. The summed E-state index contributed by atoms with van der Waals surface area (Å²) in [5, 5.41) is 22.3. The molecule has 0 saturated carbocycles. The molecule has 0 saturated heterocycles. The van der Waals surface area contributed by atoms with E-state index in [1.54, 1.807) is 23.5 Å². The summed E-state index contributed by atoms with van der Waals surface area (Å²) in [4.78, 5) is 18.0. The molecular formula is C16H21N3O3S. The molecule has 2 aromatic rings. The molecule has 1 aromatic heterocycles. The molecule has 1 N–H and O–H groups in total. The summed E-state index contributed by atoms with van der Waals surface area (Å²) < 4.78 is 0. The Labute approximate surface area is 139 Å². The Hall–Kier alpha value is -1.83. The molecule has 124 valence electrons. The molecule has 2 unspecified atom stereocenters. The first kappa shape index (κ1) is 17.5. The molecule has 7 heteroatoms. The van der Waals surface area contributed by atoms with Gasteiger partial charge in [-0.05, 0) is 33.4 Å². The first-order chi connectivity index (χ1) is 10.8. The van der Waals surface area contributed by atoms with E-state index < -0.39 is 11.0 Å². The van der Waals surface area contributed by atoms with E-state index in [4.69, 9.17) is 0 Å². The fourth-order valence-corrected chi connectivity index (χ4v) is 3.56. The molecule has 0 aliphatic carbocycles. The van der Waals surface area contributed by atoms with Crippen molar-refractivity contribution in [1.82, 2.24) is 9.88 Å². The van der Waals surface area contributed by atoms with E-state index in [1.807, 2.05) is 25.8 Å².